The molecule has 1 N–H and O–H groups in total. The Morgan fingerprint density at radius 1 is 1.22 bits per heavy atom. The van der Waals surface area contributed by atoms with Crippen molar-refractivity contribution >= 4 is 29.2 Å². The summed E-state index contributed by atoms with van der Waals surface area (Å²) in [5.74, 6) is 0.872. The van der Waals surface area contributed by atoms with Crippen LogP contribution in [0.15, 0.2) is 0 Å². The van der Waals surface area contributed by atoms with Crippen molar-refractivity contribution in [3.63, 3.8) is 0 Å². The summed E-state index contributed by atoms with van der Waals surface area (Å²) in [5, 5.41) is 12.1. The Kier molecular flexibility index (Phi) is 4.38. The average Bonchev–Trinajstić information content (AvgIpc) is 2.85. The third-order valence-corrected chi connectivity index (χ3v) is 5.77. The maximum atomic E-state index is 5.96. The van der Waals surface area contributed by atoms with Crippen molar-refractivity contribution in [2.45, 2.75) is 44.3 Å². The predicted octanol–water partition coefficient (Wildman–Crippen LogP) is 3.83. The SMILES string of the molecule is CSC1(CNc2nnc(Cl)c(C)c2C)CCCC1. The van der Waals surface area contributed by atoms with E-state index in [4.69, 9.17) is 11.6 Å². The molecule has 18 heavy (non-hydrogen) atoms. The van der Waals surface area contributed by atoms with E-state index in [0.717, 1.165) is 23.5 Å². The zero-order valence-electron chi connectivity index (χ0n) is 11.2. The van der Waals surface area contributed by atoms with Crippen molar-refractivity contribution < 1.29 is 0 Å². The number of hydrogen-bond acceptors (Lipinski definition) is 4. The first kappa shape index (κ1) is 13.9. The van der Waals surface area contributed by atoms with Gasteiger partial charge in [-0.25, -0.2) is 0 Å². The summed E-state index contributed by atoms with van der Waals surface area (Å²) in [6.07, 6.45) is 7.47. The molecule has 1 fully saturated rings. The van der Waals surface area contributed by atoms with E-state index in [2.05, 4.69) is 21.8 Å². The van der Waals surface area contributed by atoms with Crippen LogP contribution in [-0.2, 0) is 0 Å². The standard InChI is InChI=1S/C13H20ClN3S/c1-9-10(2)12(17-16-11(9)14)15-8-13(18-3)6-4-5-7-13/h4-8H2,1-3H3,(H,15,17). The van der Waals surface area contributed by atoms with E-state index in [0.29, 0.717) is 9.90 Å². The molecule has 5 heteroatoms. The number of nitrogens with one attached hydrogen (secondary N) is 1. The van der Waals surface area contributed by atoms with Gasteiger partial charge in [-0.2, -0.15) is 11.8 Å². The molecule has 0 spiro atoms. The van der Waals surface area contributed by atoms with E-state index in [1.54, 1.807) is 0 Å². The molecule has 1 aromatic heterocycles. The molecule has 0 aliphatic heterocycles. The van der Waals surface area contributed by atoms with Crippen LogP contribution < -0.4 is 5.32 Å². The summed E-state index contributed by atoms with van der Waals surface area (Å²) in [7, 11) is 0. The molecule has 1 aliphatic carbocycles. The third-order valence-electron chi connectivity index (χ3n) is 3.99. The lowest BCUT2D eigenvalue weighted by Crippen LogP contribution is -2.30. The fraction of sp³-hybridized carbons (Fsp3) is 0.692. The second kappa shape index (κ2) is 5.66. The molecule has 100 valence electrons. The minimum absolute atomic E-state index is 0.377. The maximum Gasteiger partial charge on any atom is 0.155 e. The molecule has 0 amide bonds. The van der Waals surface area contributed by atoms with Gasteiger partial charge in [0.15, 0.2) is 11.0 Å². The van der Waals surface area contributed by atoms with Crippen LogP contribution in [-0.4, -0.2) is 27.7 Å². The molecular formula is C13H20ClN3S. The topological polar surface area (TPSA) is 37.8 Å². The third kappa shape index (κ3) is 2.75. The van der Waals surface area contributed by atoms with Crippen molar-refractivity contribution in [3.05, 3.63) is 16.3 Å². The van der Waals surface area contributed by atoms with Crippen molar-refractivity contribution in [1.29, 1.82) is 0 Å². The molecule has 0 atom stereocenters. The maximum absolute atomic E-state index is 5.96. The second-order valence-electron chi connectivity index (χ2n) is 5.04. The summed E-state index contributed by atoms with van der Waals surface area (Å²) in [6, 6.07) is 0. The zero-order valence-corrected chi connectivity index (χ0v) is 12.8. The van der Waals surface area contributed by atoms with Crippen LogP contribution in [0.25, 0.3) is 0 Å². The molecule has 1 saturated carbocycles. The van der Waals surface area contributed by atoms with Crippen LogP contribution in [0.5, 0.6) is 0 Å². The van der Waals surface area contributed by atoms with Gasteiger partial charge in [0.1, 0.15) is 0 Å². The van der Waals surface area contributed by atoms with Gasteiger partial charge in [-0.05, 0) is 44.1 Å². The second-order valence-corrected chi connectivity index (χ2v) is 6.67. The van der Waals surface area contributed by atoms with Crippen LogP contribution in [0.3, 0.4) is 0 Å². The number of anilines is 1. The molecule has 0 unspecified atom stereocenters. The van der Waals surface area contributed by atoms with Gasteiger partial charge in [-0.1, -0.05) is 24.4 Å². The molecule has 3 nitrogen and oxygen atoms in total. The smallest absolute Gasteiger partial charge is 0.155 e. The Hall–Kier alpha value is -0.480. The Balaban J connectivity index is 2.08. The highest BCUT2D eigenvalue weighted by Gasteiger charge is 2.32. The van der Waals surface area contributed by atoms with Gasteiger partial charge in [0.05, 0.1) is 0 Å². The highest BCUT2D eigenvalue weighted by molar-refractivity contribution is 8.00. The van der Waals surface area contributed by atoms with E-state index < -0.39 is 0 Å². The van der Waals surface area contributed by atoms with E-state index in [9.17, 15) is 0 Å². The van der Waals surface area contributed by atoms with E-state index in [-0.39, 0.29) is 0 Å². The lowest BCUT2D eigenvalue weighted by Gasteiger charge is -2.27. The van der Waals surface area contributed by atoms with Crippen LogP contribution in [0.4, 0.5) is 5.82 Å². The molecule has 0 radical (unpaired) electrons. The quantitative estimate of drug-likeness (QED) is 0.912. The summed E-state index contributed by atoms with van der Waals surface area (Å²) in [6.45, 7) is 4.99. The van der Waals surface area contributed by atoms with Crippen LogP contribution in [0.2, 0.25) is 5.15 Å². The Morgan fingerprint density at radius 3 is 2.50 bits per heavy atom. The fourth-order valence-electron chi connectivity index (χ4n) is 2.46. The molecule has 0 bridgehead atoms. The van der Waals surface area contributed by atoms with Crippen molar-refractivity contribution in [2.24, 2.45) is 0 Å². The number of rotatable bonds is 4. The van der Waals surface area contributed by atoms with Gasteiger partial charge < -0.3 is 5.32 Å². The molecule has 0 aromatic carbocycles. The monoisotopic (exact) mass is 285 g/mol. The Morgan fingerprint density at radius 2 is 1.89 bits per heavy atom. The van der Waals surface area contributed by atoms with Crippen LogP contribution >= 0.6 is 23.4 Å². The van der Waals surface area contributed by atoms with Gasteiger partial charge in [-0.15, -0.1) is 10.2 Å². The minimum Gasteiger partial charge on any atom is -0.367 e. The van der Waals surface area contributed by atoms with Crippen molar-refractivity contribution in [2.75, 3.05) is 18.1 Å². The van der Waals surface area contributed by atoms with E-state index in [1.807, 2.05) is 25.6 Å². The zero-order chi connectivity index (χ0) is 13.2. The highest BCUT2D eigenvalue weighted by atomic mass is 35.5. The Labute approximate surface area is 118 Å². The molecular weight excluding hydrogens is 266 g/mol. The van der Waals surface area contributed by atoms with Crippen molar-refractivity contribution in [1.82, 2.24) is 10.2 Å². The van der Waals surface area contributed by atoms with Crippen LogP contribution in [0.1, 0.15) is 36.8 Å². The average molecular weight is 286 g/mol. The van der Waals surface area contributed by atoms with Gasteiger partial charge in [0.2, 0.25) is 0 Å². The van der Waals surface area contributed by atoms with Gasteiger partial charge in [0, 0.05) is 11.3 Å². The molecule has 1 aliphatic rings. The summed E-state index contributed by atoms with van der Waals surface area (Å²) in [4.78, 5) is 0. The largest absolute Gasteiger partial charge is 0.367 e. The van der Waals surface area contributed by atoms with Gasteiger partial charge in [0.25, 0.3) is 0 Å². The molecule has 2 rings (SSSR count). The number of thioether (sulfide) groups is 1. The van der Waals surface area contributed by atoms with E-state index in [1.165, 1.54) is 25.7 Å². The van der Waals surface area contributed by atoms with Crippen LogP contribution in [0, 0.1) is 13.8 Å². The predicted molar refractivity (Wildman–Crippen MR) is 79.7 cm³/mol. The minimum atomic E-state index is 0.377. The normalized spacial score (nSPS) is 18.0. The van der Waals surface area contributed by atoms with E-state index >= 15 is 0 Å². The number of nitrogens with zero attached hydrogens (tertiary/aromatic N) is 2. The first-order valence-corrected chi connectivity index (χ1v) is 7.97. The Bertz CT molecular complexity index is 430. The molecule has 0 saturated heterocycles. The number of hydrogen-bond donors (Lipinski definition) is 1. The number of halogens is 1. The fourth-order valence-corrected chi connectivity index (χ4v) is 3.55. The first-order valence-electron chi connectivity index (χ1n) is 6.36. The molecule has 1 heterocycles. The molecule has 1 aromatic rings. The van der Waals surface area contributed by atoms with Gasteiger partial charge >= 0.3 is 0 Å². The highest BCUT2D eigenvalue weighted by Crippen LogP contribution is 2.40. The summed E-state index contributed by atoms with van der Waals surface area (Å²) >= 11 is 7.94. The summed E-state index contributed by atoms with van der Waals surface area (Å²) in [5.41, 5.74) is 2.11. The van der Waals surface area contributed by atoms with Crippen molar-refractivity contribution in [3.8, 4) is 0 Å². The lowest BCUT2D eigenvalue weighted by atomic mass is 10.1. The first-order chi connectivity index (χ1) is 8.58. The summed E-state index contributed by atoms with van der Waals surface area (Å²) < 4.78 is 0.377. The van der Waals surface area contributed by atoms with Gasteiger partial charge in [-0.3, -0.25) is 0 Å². The number of aromatic nitrogens is 2. The lowest BCUT2D eigenvalue weighted by molar-refractivity contribution is 0.637.